The van der Waals surface area contributed by atoms with Crippen LogP contribution in [0.3, 0.4) is 0 Å². The number of carboxylic acids is 1. The van der Waals surface area contributed by atoms with E-state index in [0.29, 0.717) is 29.2 Å². The Bertz CT molecular complexity index is 2550. The molecule has 3 aliphatic heterocycles. The number of carboxylic acid groups (broad SMARTS) is 1. The van der Waals surface area contributed by atoms with E-state index in [0.717, 1.165) is 22.7 Å². The van der Waals surface area contributed by atoms with Crippen molar-refractivity contribution in [2.24, 2.45) is 21.0 Å². The number of amides is 2. The molecule has 15 nitrogen and oxygen atoms in total. The second kappa shape index (κ2) is 22.5. The first-order valence-corrected chi connectivity index (χ1v) is 20.0. The van der Waals surface area contributed by atoms with Crippen molar-refractivity contribution < 1.29 is 86.6 Å². The van der Waals surface area contributed by atoms with Crippen LogP contribution in [0.1, 0.15) is 87.0 Å². The largest absolute Gasteiger partial charge is 0.478 e. The van der Waals surface area contributed by atoms with Crippen LogP contribution in [0.2, 0.25) is 0 Å². The predicted octanol–water partition coefficient (Wildman–Crippen LogP) is 7.82. The Morgan fingerprint density at radius 2 is 1.29 bits per heavy atom. The molecule has 3 aliphatic rings. The summed E-state index contributed by atoms with van der Waals surface area (Å²) in [6.45, 7) is 3.06. The van der Waals surface area contributed by atoms with Crippen molar-refractivity contribution in [3.05, 3.63) is 98.9 Å². The van der Waals surface area contributed by atoms with E-state index in [-0.39, 0.29) is 47.9 Å². The van der Waals surface area contributed by atoms with Crippen molar-refractivity contribution in [1.82, 2.24) is 20.8 Å². The third kappa shape index (κ3) is 15.2. The molecule has 28 heteroatoms. The summed E-state index contributed by atoms with van der Waals surface area (Å²) in [7, 11) is 0. The van der Waals surface area contributed by atoms with Gasteiger partial charge in [0, 0.05) is 42.5 Å². The Kier molecular flexibility index (Phi) is 18.6. The lowest BCUT2D eigenvalue weighted by Crippen LogP contribution is -2.47. The Hall–Kier alpha value is -6.51. The van der Waals surface area contributed by atoms with Crippen LogP contribution in [0.5, 0.6) is 0 Å². The van der Waals surface area contributed by atoms with E-state index in [1.807, 2.05) is 19.9 Å². The van der Waals surface area contributed by atoms with E-state index in [9.17, 15) is 71.9 Å². The minimum atomic E-state index is -5.04. The fourth-order valence-corrected chi connectivity index (χ4v) is 6.62. The number of oxime groups is 2. The average molecular weight is 1040 g/mol. The maximum atomic E-state index is 13.8. The zero-order valence-corrected chi connectivity index (χ0v) is 37.8. The second-order valence-corrected chi connectivity index (χ2v) is 15.7. The first-order chi connectivity index (χ1) is 31.8. The van der Waals surface area contributed by atoms with Crippen molar-refractivity contribution in [1.29, 1.82) is 0 Å². The van der Waals surface area contributed by atoms with Gasteiger partial charge in [-0.15, -0.1) is 12.4 Å². The average Bonchev–Trinajstić information content (AvgIpc) is 4.08. The van der Waals surface area contributed by atoms with Gasteiger partial charge in [0.2, 0.25) is 11.8 Å². The molecular formula is C42H43ClF12N8O7. The van der Waals surface area contributed by atoms with Gasteiger partial charge in [-0.2, -0.15) is 57.8 Å². The molecule has 2 aromatic carbocycles. The maximum Gasteiger partial charge on any atom is 0.435 e. The number of Topliss-reactive ketones (excluding diaryl/α,β-unsaturated/α-hetero) is 1. The summed E-state index contributed by atoms with van der Waals surface area (Å²) >= 11 is 0. The summed E-state index contributed by atoms with van der Waals surface area (Å²) in [4.78, 5) is 58.6. The third-order valence-electron chi connectivity index (χ3n) is 10.2. The molecule has 2 atom stereocenters. The first-order valence-electron chi connectivity index (χ1n) is 20.0. The van der Waals surface area contributed by atoms with Gasteiger partial charge in [0.25, 0.3) is 5.60 Å². The molecule has 3 aromatic rings. The van der Waals surface area contributed by atoms with Crippen LogP contribution in [-0.4, -0.2) is 112 Å². The van der Waals surface area contributed by atoms with Crippen LogP contribution in [0.25, 0.3) is 0 Å². The monoisotopic (exact) mass is 1030 g/mol. The van der Waals surface area contributed by atoms with Crippen molar-refractivity contribution in [3.8, 4) is 0 Å². The quantitative estimate of drug-likeness (QED) is 0.0880. The van der Waals surface area contributed by atoms with E-state index in [1.54, 1.807) is 35.8 Å². The van der Waals surface area contributed by atoms with Gasteiger partial charge >= 0.3 is 30.7 Å². The highest BCUT2D eigenvalue weighted by atomic mass is 35.5. The number of aryl methyl sites for hydroxylation is 3. The van der Waals surface area contributed by atoms with E-state index in [2.05, 4.69) is 30.3 Å². The van der Waals surface area contributed by atoms with Crippen LogP contribution >= 0.6 is 12.4 Å². The number of nitrogens with one attached hydrogen (secondary N) is 3. The number of aromatic amines is 1. The number of benzene rings is 2. The highest BCUT2D eigenvalue weighted by Crippen LogP contribution is 2.48. The fourth-order valence-electron chi connectivity index (χ4n) is 6.62. The molecule has 6 N–H and O–H groups in total. The van der Waals surface area contributed by atoms with Gasteiger partial charge in [0.1, 0.15) is 24.5 Å². The van der Waals surface area contributed by atoms with Crippen molar-refractivity contribution >= 4 is 53.1 Å². The van der Waals surface area contributed by atoms with Crippen LogP contribution in [0.4, 0.5) is 52.7 Å². The second-order valence-electron chi connectivity index (χ2n) is 15.7. The van der Waals surface area contributed by atoms with Crippen LogP contribution < -0.4 is 16.4 Å². The number of hydrogen-bond donors (Lipinski definition) is 5. The molecule has 0 fully saturated rings. The number of carbonyl (C=O) groups is 4. The van der Waals surface area contributed by atoms with Crippen molar-refractivity contribution in [3.63, 3.8) is 0 Å². The molecule has 384 valence electrons. The minimum absolute atomic E-state index is 0. The summed E-state index contributed by atoms with van der Waals surface area (Å²) in [6.07, 6.45) is -19.3. The lowest BCUT2D eigenvalue weighted by atomic mass is 9.85. The summed E-state index contributed by atoms with van der Waals surface area (Å²) in [5.41, 5.74) is 3.44. The summed E-state index contributed by atoms with van der Waals surface area (Å²) in [6, 6.07) is 10.9. The number of aromatic nitrogens is 2. The predicted molar refractivity (Wildman–Crippen MR) is 228 cm³/mol. The molecule has 0 aliphatic carbocycles. The standard InChI is InChI=1S/C21H23F3N4O3.C17H12F6N2O3.C4H7F3N2O.ClH/c1-12-8-14(16-10-20(3,31-28-16)18-9-13(2)26-27-18)4-5-15(12)17(29)6-7-19(30)25-11-21(22,23)24;1-8-4-9(2-3-11(8)14(26)27)12-6-15(28-25-12,17(21,22)23)10-5-13(24-7-10)16(18,19)20;5-4(6,7)2-9-3(10)1-8;/h4-5,8-9H,6-7,10-11H2,1-3H3,(H,25,30)(H,26,27);2-5H,6-7H2,1H3,(H,26,27);1-2,8H2,(H,9,10);1H. The molecule has 2 amide bonds. The van der Waals surface area contributed by atoms with Crippen molar-refractivity contribution in [2.75, 3.05) is 26.2 Å². The van der Waals surface area contributed by atoms with Gasteiger partial charge < -0.3 is 31.1 Å². The van der Waals surface area contributed by atoms with E-state index < -0.39 is 97.6 Å². The van der Waals surface area contributed by atoms with Gasteiger partial charge in [-0.25, -0.2) is 4.79 Å². The molecule has 0 saturated carbocycles. The van der Waals surface area contributed by atoms with Crippen LogP contribution in [0, 0.1) is 20.8 Å². The Labute approximate surface area is 395 Å². The number of allylic oxidation sites excluding steroid dienone is 1. The topological polar surface area (TPSA) is 223 Å². The third-order valence-corrected chi connectivity index (χ3v) is 10.2. The number of nitrogens with zero attached hydrogens (tertiary/aromatic N) is 4. The summed E-state index contributed by atoms with van der Waals surface area (Å²) in [5.74, 6) is -3.14. The SMILES string of the molecule is Cc1cc(C2(C)CC(c3ccc(C(=O)CCC(=O)NCC(F)(F)F)c(C)c3)=NO2)n[nH]1.Cc1cc(C2=NOC(C3=CC(C(F)(F)F)=NC3)(C(F)(F)F)C2)ccc1C(=O)O.Cl.NCC(=O)NCC(F)(F)F. The number of aliphatic imine (C=N–C) groups is 1. The number of H-pyrrole nitrogens is 1. The molecule has 6 rings (SSSR count). The number of carbonyl (C=O) groups excluding carboxylic acids is 3. The fraction of sp³-hybridized carbons (Fsp3) is 0.429. The molecule has 0 spiro atoms. The van der Waals surface area contributed by atoms with Crippen LogP contribution in [0.15, 0.2) is 69.4 Å². The molecule has 70 heavy (non-hydrogen) atoms. The zero-order valence-electron chi connectivity index (χ0n) is 37.0. The number of hydrogen-bond acceptors (Lipinski definition) is 11. The Balaban J connectivity index is 0.000000308. The van der Waals surface area contributed by atoms with Gasteiger partial charge in [0.15, 0.2) is 11.4 Å². The smallest absolute Gasteiger partial charge is 0.435 e. The molecule has 0 bridgehead atoms. The van der Waals surface area contributed by atoms with Gasteiger partial charge in [-0.1, -0.05) is 28.5 Å². The summed E-state index contributed by atoms with van der Waals surface area (Å²) < 4.78 is 150. The molecule has 4 heterocycles. The highest BCUT2D eigenvalue weighted by Gasteiger charge is 2.64. The number of alkyl halides is 12. The van der Waals surface area contributed by atoms with E-state index >= 15 is 0 Å². The molecule has 2 unspecified atom stereocenters. The maximum absolute atomic E-state index is 13.8. The number of nitrogens with two attached hydrogens (primary N) is 1. The first kappa shape index (κ1) is 57.8. The normalized spacial score (nSPS) is 18.8. The van der Waals surface area contributed by atoms with E-state index in [4.69, 9.17) is 15.7 Å². The van der Waals surface area contributed by atoms with Crippen LogP contribution in [-0.2, 0) is 24.9 Å². The van der Waals surface area contributed by atoms with Gasteiger partial charge in [0.05, 0.1) is 30.1 Å². The highest BCUT2D eigenvalue weighted by molar-refractivity contribution is 6.06. The van der Waals surface area contributed by atoms with Gasteiger partial charge in [-0.05, 0) is 80.3 Å². The molecular weight excluding hydrogens is 992 g/mol. The number of halogens is 13. The van der Waals surface area contributed by atoms with Gasteiger partial charge in [-0.3, -0.25) is 24.5 Å². The minimum Gasteiger partial charge on any atom is -0.478 e. The zero-order chi connectivity index (χ0) is 51.9. The number of ketones is 1. The Morgan fingerprint density at radius 3 is 1.74 bits per heavy atom. The number of aromatic carboxylic acids is 1. The van der Waals surface area contributed by atoms with Crippen molar-refractivity contribution in [2.45, 2.75) is 89.3 Å². The molecule has 0 radical (unpaired) electrons. The van der Waals surface area contributed by atoms with E-state index in [1.165, 1.54) is 25.1 Å². The summed E-state index contributed by atoms with van der Waals surface area (Å²) in [5, 5.41) is 27.2. The number of rotatable bonds is 12. The Morgan fingerprint density at radius 1 is 0.757 bits per heavy atom. The lowest BCUT2D eigenvalue weighted by Gasteiger charge is -2.30. The lowest BCUT2D eigenvalue weighted by molar-refractivity contribution is -0.253. The molecule has 0 saturated heterocycles. The molecule has 1 aromatic heterocycles.